The van der Waals surface area contributed by atoms with Crippen molar-refractivity contribution in [1.29, 1.82) is 0 Å². The molecule has 2 saturated heterocycles. The molecule has 55 heavy (non-hydrogen) atoms. The Kier molecular flexibility index (Phi) is 10.7. The number of methoxy groups -OCH3 is 1. The zero-order valence-corrected chi connectivity index (χ0v) is 31.9. The average Bonchev–Trinajstić information content (AvgIpc) is 3.93. The number of hydrogen-bond donors (Lipinski definition) is 4. The Morgan fingerprint density at radius 1 is 0.836 bits per heavy atom. The number of pyridine rings is 2. The highest BCUT2D eigenvalue weighted by molar-refractivity contribution is 6.36. The first-order valence-electron chi connectivity index (χ1n) is 18.6. The third kappa shape index (κ3) is 7.75. The molecule has 3 aromatic heterocycles. The Balaban J connectivity index is 1.01. The van der Waals surface area contributed by atoms with E-state index in [-0.39, 0.29) is 29.5 Å². The Morgan fingerprint density at radius 2 is 1.51 bits per heavy atom. The van der Waals surface area contributed by atoms with E-state index in [1.165, 1.54) is 5.56 Å². The maximum Gasteiger partial charge on any atom is 0.262 e. The van der Waals surface area contributed by atoms with Gasteiger partial charge in [-0.2, -0.15) is 0 Å². The van der Waals surface area contributed by atoms with Gasteiger partial charge in [0.1, 0.15) is 5.65 Å². The van der Waals surface area contributed by atoms with Gasteiger partial charge in [0, 0.05) is 85.8 Å². The van der Waals surface area contributed by atoms with E-state index in [1.807, 2.05) is 42.5 Å². The molecule has 0 saturated carbocycles. The molecule has 0 unspecified atom stereocenters. The molecule has 5 heterocycles. The van der Waals surface area contributed by atoms with Gasteiger partial charge < -0.3 is 26.0 Å². The molecule has 2 aromatic carbocycles. The topological polar surface area (TPSA) is 139 Å². The van der Waals surface area contributed by atoms with Gasteiger partial charge in [-0.1, -0.05) is 59.6 Å². The first-order valence-corrected chi connectivity index (χ1v) is 19.4. The molecule has 2 amide bonds. The molecule has 282 valence electrons. The normalized spacial score (nSPS) is 18.6. The van der Waals surface area contributed by atoms with Gasteiger partial charge >= 0.3 is 0 Å². The average molecular weight is 779 g/mol. The fourth-order valence-electron chi connectivity index (χ4n) is 7.83. The smallest absolute Gasteiger partial charge is 0.262 e. The predicted octanol–water partition coefficient (Wildman–Crippen LogP) is 5.96. The minimum atomic E-state index is -0.141. The van der Waals surface area contributed by atoms with Gasteiger partial charge in [-0.05, 0) is 77.8 Å². The SMILES string of the molecule is COc1nc(/C=C2\CCc3c2cccc3-c2cccc(-c3ccn4c(=O)c(CNC[C@H]5CCC(=O)N5)cnc4c3)c2Cl)c(Cl)cc1CNC[C@H]1CCC(=O)N1. The lowest BCUT2D eigenvalue weighted by Crippen LogP contribution is -2.36. The molecule has 3 aliphatic rings. The van der Waals surface area contributed by atoms with Crippen LogP contribution in [-0.2, 0) is 29.1 Å². The van der Waals surface area contributed by atoms with Gasteiger partial charge in [0.15, 0.2) is 0 Å². The third-order valence-corrected chi connectivity index (χ3v) is 11.4. The fraction of sp³-hybridized carbons (Fsp3) is 0.310. The number of hydrogen-bond acceptors (Lipinski definition) is 8. The quantitative estimate of drug-likeness (QED) is 0.122. The molecule has 2 fully saturated rings. The molecule has 0 bridgehead atoms. The standard InChI is InChI=1S/C42H41Cl2N7O4/c1-55-41-26(19-45-22-28-9-12-38(52)48-28)16-35(43)36(50-41)17-24-8-11-33-30(24)4-2-6-32(33)34-7-3-5-31(40(34)44)25-14-15-51-37(18-25)47-21-27(42(51)54)20-46-23-29-10-13-39(53)49-29/h2-7,14-18,21,28-29,45-46H,8-13,19-20,22-23H2,1H3,(H,48,52)(H,49,53)/b24-17+/t28-,29-/m1/s1. The second-order valence-electron chi connectivity index (χ2n) is 14.3. The van der Waals surface area contributed by atoms with Crippen molar-refractivity contribution in [2.45, 2.75) is 63.7 Å². The number of amides is 2. The van der Waals surface area contributed by atoms with E-state index < -0.39 is 0 Å². The molecule has 2 aliphatic heterocycles. The lowest BCUT2D eigenvalue weighted by molar-refractivity contribution is -0.120. The maximum absolute atomic E-state index is 13.3. The van der Waals surface area contributed by atoms with Crippen molar-refractivity contribution in [3.63, 3.8) is 0 Å². The van der Waals surface area contributed by atoms with Crippen LogP contribution in [0.1, 0.15) is 60.1 Å². The van der Waals surface area contributed by atoms with Crippen LogP contribution in [0.3, 0.4) is 0 Å². The summed E-state index contributed by atoms with van der Waals surface area (Å²) in [7, 11) is 1.61. The number of nitrogens with zero attached hydrogens (tertiary/aromatic N) is 3. The summed E-state index contributed by atoms with van der Waals surface area (Å²) < 4.78 is 7.21. The molecule has 13 heteroatoms. The molecular formula is C42H41Cl2N7O4. The largest absolute Gasteiger partial charge is 0.481 e. The van der Waals surface area contributed by atoms with Crippen LogP contribution in [0.15, 0.2) is 71.8 Å². The molecule has 0 radical (unpaired) electrons. The monoisotopic (exact) mass is 777 g/mol. The van der Waals surface area contributed by atoms with E-state index in [2.05, 4.69) is 44.5 Å². The summed E-state index contributed by atoms with van der Waals surface area (Å²) in [6.07, 6.45) is 9.78. The Hall–Kier alpha value is -5.07. The molecule has 8 rings (SSSR count). The number of allylic oxidation sites excluding steroid dienone is 1. The number of carbonyl (C=O) groups excluding carboxylic acids is 2. The van der Waals surface area contributed by atoms with E-state index in [0.29, 0.717) is 71.9 Å². The zero-order valence-electron chi connectivity index (χ0n) is 30.4. The number of ether oxygens (including phenoxy) is 1. The number of fused-ring (bicyclic) bond motifs is 2. The van der Waals surface area contributed by atoms with E-state index in [1.54, 1.807) is 23.9 Å². The molecular weight excluding hydrogens is 737 g/mol. The van der Waals surface area contributed by atoms with Crippen molar-refractivity contribution < 1.29 is 14.3 Å². The van der Waals surface area contributed by atoms with Crippen LogP contribution in [0.4, 0.5) is 0 Å². The second-order valence-corrected chi connectivity index (χ2v) is 15.1. The lowest BCUT2D eigenvalue weighted by atomic mass is 9.93. The molecule has 4 N–H and O–H groups in total. The van der Waals surface area contributed by atoms with Crippen molar-refractivity contribution in [3.8, 4) is 28.1 Å². The molecule has 1 aliphatic carbocycles. The number of benzene rings is 2. The Labute approximate surface area is 328 Å². The maximum atomic E-state index is 13.3. The number of aromatic nitrogens is 3. The summed E-state index contributed by atoms with van der Waals surface area (Å²) in [6, 6.07) is 18.2. The van der Waals surface area contributed by atoms with Crippen LogP contribution in [-0.4, -0.2) is 58.5 Å². The Morgan fingerprint density at radius 3 is 2.20 bits per heavy atom. The molecule has 5 aromatic rings. The highest BCUT2D eigenvalue weighted by Crippen LogP contribution is 2.44. The van der Waals surface area contributed by atoms with Gasteiger partial charge in [0.05, 0.1) is 22.8 Å². The van der Waals surface area contributed by atoms with Crippen LogP contribution < -0.4 is 31.6 Å². The third-order valence-electron chi connectivity index (χ3n) is 10.7. The molecule has 0 spiro atoms. The van der Waals surface area contributed by atoms with Gasteiger partial charge in [-0.25, -0.2) is 9.97 Å². The van der Waals surface area contributed by atoms with E-state index >= 15 is 0 Å². The highest BCUT2D eigenvalue weighted by Gasteiger charge is 2.24. The molecule has 11 nitrogen and oxygen atoms in total. The van der Waals surface area contributed by atoms with Gasteiger partial charge in [-0.3, -0.25) is 18.8 Å². The van der Waals surface area contributed by atoms with Crippen LogP contribution in [0.5, 0.6) is 5.88 Å². The van der Waals surface area contributed by atoms with Crippen LogP contribution in [0.2, 0.25) is 10.0 Å². The first-order chi connectivity index (χ1) is 26.7. The fourth-order valence-corrected chi connectivity index (χ4v) is 8.40. The van der Waals surface area contributed by atoms with Crippen molar-refractivity contribution in [2.75, 3.05) is 20.2 Å². The summed E-state index contributed by atoms with van der Waals surface area (Å²) in [5.74, 6) is 0.668. The van der Waals surface area contributed by atoms with Gasteiger partial charge in [0.2, 0.25) is 17.7 Å². The highest BCUT2D eigenvalue weighted by atomic mass is 35.5. The van der Waals surface area contributed by atoms with E-state index in [9.17, 15) is 14.4 Å². The summed E-state index contributed by atoms with van der Waals surface area (Å²) in [4.78, 5) is 45.8. The minimum Gasteiger partial charge on any atom is -0.481 e. The van der Waals surface area contributed by atoms with Crippen molar-refractivity contribution in [3.05, 3.63) is 115 Å². The number of carbonyl (C=O) groups is 2. The second kappa shape index (κ2) is 16.0. The summed E-state index contributed by atoms with van der Waals surface area (Å²) in [5.41, 5.74) is 9.59. The van der Waals surface area contributed by atoms with Gasteiger partial charge in [0.25, 0.3) is 5.56 Å². The van der Waals surface area contributed by atoms with Crippen LogP contribution >= 0.6 is 23.2 Å². The van der Waals surface area contributed by atoms with Gasteiger partial charge in [-0.15, -0.1) is 0 Å². The lowest BCUT2D eigenvalue weighted by Gasteiger charge is -2.15. The predicted molar refractivity (Wildman–Crippen MR) is 215 cm³/mol. The zero-order chi connectivity index (χ0) is 38.1. The first kappa shape index (κ1) is 36.9. The van der Waals surface area contributed by atoms with Crippen molar-refractivity contribution >= 4 is 52.3 Å². The van der Waals surface area contributed by atoms with Crippen molar-refractivity contribution in [1.82, 2.24) is 35.6 Å². The Bertz CT molecular complexity index is 2410. The molecule has 2 atom stereocenters. The number of rotatable bonds is 12. The van der Waals surface area contributed by atoms with E-state index in [0.717, 1.165) is 64.6 Å². The van der Waals surface area contributed by atoms with Crippen molar-refractivity contribution in [2.24, 2.45) is 0 Å². The number of halogens is 2. The summed E-state index contributed by atoms with van der Waals surface area (Å²) in [5, 5.41) is 13.7. The van der Waals surface area contributed by atoms with Crippen LogP contribution in [0, 0.1) is 0 Å². The van der Waals surface area contributed by atoms with Crippen LogP contribution in [0.25, 0.3) is 39.6 Å². The summed E-state index contributed by atoms with van der Waals surface area (Å²) >= 11 is 14.0. The summed E-state index contributed by atoms with van der Waals surface area (Å²) in [6.45, 7) is 2.14. The minimum absolute atomic E-state index is 0.0670. The van der Waals surface area contributed by atoms with E-state index in [4.69, 9.17) is 32.9 Å². The number of nitrogens with one attached hydrogen (secondary N) is 4.